The van der Waals surface area contributed by atoms with Crippen molar-refractivity contribution in [3.8, 4) is 0 Å². The van der Waals surface area contributed by atoms with Crippen LogP contribution in [-0.2, 0) is 6.54 Å². The fraction of sp³-hybridized carbons (Fsp3) is 0.429. The Hall–Kier alpha value is -1.33. The first-order valence-corrected chi connectivity index (χ1v) is 3.56. The van der Waals surface area contributed by atoms with Crippen molar-refractivity contribution in [2.24, 2.45) is 0 Å². The van der Waals surface area contributed by atoms with Crippen molar-refractivity contribution >= 4 is 0 Å². The highest BCUT2D eigenvalue weighted by Gasteiger charge is 2.26. The smallest absolute Gasteiger partial charge is 0.299 e. The minimum Gasteiger partial charge on any atom is -0.299 e. The summed E-state index contributed by atoms with van der Waals surface area (Å²) in [4.78, 5) is 14.4. The summed E-state index contributed by atoms with van der Waals surface area (Å²) in [5.41, 5.74) is -0.473. The van der Waals surface area contributed by atoms with Crippen molar-refractivity contribution in [1.82, 2.24) is 9.55 Å². The van der Waals surface area contributed by atoms with Crippen LogP contribution in [0.25, 0.3) is 0 Å². The molecule has 13 heavy (non-hydrogen) atoms. The van der Waals surface area contributed by atoms with Crippen molar-refractivity contribution in [1.29, 1.82) is 0 Å². The molecule has 0 saturated carbocycles. The Labute approximate surface area is 71.8 Å². The average molecular weight is 192 g/mol. The van der Waals surface area contributed by atoms with E-state index in [9.17, 15) is 18.0 Å². The van der Waals surface area contributed by atoms with Crippen LogP contribution in [0.4, 0.5) is 13.2 Å². The molecule has 0 N–H and O–H groups in total. The van der Waals surface area contributed by atoms with Crippen LogP contribution in [0.2, 0.25) is 0 Å². The maximum absolute atomic E-state index is 11.7. The number of aryl methyl sites for hydroxylation is 1. The van der Waals surface area contributed by atoms with E-state index in [0.717, 1.165) is 17.0 Å². The topological polar surface area (TPSA) is 34.9 Å². The van der Waals surface area contributed by atoms with Gasteiger partial charge in [-0.15, -0.1) is 0 Å². The number of hydrogen-bond donors (Lipinski definition) is 0. The van der Waals surface area contributed by atoms with Crippen LogP contribution in [0.1, 0.15) is 6.42 Å². The van der Waals surface area contributed by atoms with Gasteiger partial charge in [-0.05, 0) is 0 Å². The summed E-state index contributed by atoms with van der Waals surface area (Å²) in [5, 5.41) is 0. The molecule has 0 aromatic carbocycles. The van der Waals surface area contributed by atoms with Gasteiger partial charge in [0.15, 0.2) is 0 Å². The molecule has 0 amide bonds. The fourth-order valence-corrected chi connectivity index (χ4v) is 0.794. The Balaban J connectivity index is 2.66. The van der Waals surface area contributed by atoms with E-state index in [0.29, 0.717) is 0 Å². The molecule has 0 fully saturated rings. The van der Waals surface area contributed by atoms with Gasteiger partial charge in [-0.1, -0.05) is 0 Å². The molecule has 0 aliphatic rings. The number of rotatable bonds is 2. The second kappa shape index (κ2) is 3.59. The zero-order valence-corrected chi connectivity index (χ0v) is 6.58. The summed E-state index contributed by atoms with van der Waals surface area (Å²) in [6.45, 7) is -0.379. The SMILES string of the molecule is O=c1ccncn1CCC(F)(F)F. The van der Waals surface area contributed by atoms with Gasteiger partial charge in [0.05, 0.1) is 12.7 Å². The number of nitrogens with zero attached hydrogens (tertiary/aromatic N) is 2. The standard InChI is InChI=1S/C7H7F3N2O/c8-7(9,10)2-4-12-5-11-3-1-6(12)13/h1,3,5H,2,4H2. The van der Waals surface area contributed by atoms with Crippen LogP contribution < -0.4 is 5.56 Å². The highest BCUT2D eigenvalue weighted by molar-refractivity contribution is 4.81. The van der Waals surface area contributed by atoms with Crippen molar-refractivity contribution in [2.45, 2.75) is 19.1 Å². The van der Waals surface area contributed by atoms with Gasteiger partial charge in [-0.2, -0.15) is 13.2 Å². The molecule has 1 aromatic heterocycles. The Morgan fingerprint density at radius 1 is 1.46 bits per heavy atom. The van der Waals surface area contributed by atoms with E-state index in [-0.39, 0.29) is 6.54 Å². The molecular weight excluding hydrogens is 185 g/mol. The number of alkyl halides is 3. The number of aromatic nitrogens is 2. The van der Waals surface area contributed by atoms with Crippen molar-refractivity contribution in [2.75, 3.05) is 0 Å². The van der Waals surface area contributed by atoms with E-state index in [4.69, 9.17) is 0 Å². The van der Waals surface area contributed by atoms with Crippen molar-refractivity contribution < 1.29 is 13.2 Å². The van der Waals surface area contributed by atoms with Crippen LogP contribution in [0.15, 0.2) is 23.4 Å². The third-order valence-corrected chi connectivity index (χ3v) is 1.43. The zero-order chi connectivity index (χ0) is 9.90. The van der Waals surface area contributed by atoms with Crippen molar-refractivity contribution in [3.63, 3.8) is 0 Å². The summed E-state index contributed by atoms with van der Waals surface area (Å²) < 4.78 is 36.1. The second-order valence-electron chi connectivity index (χ2n) is 2.48. The maximum Gasteiger partial charge on any atom is 0.390 e. The first kappa shape index (κ1) is 9.76. The van der Waals surface area contributed by atoms with Crippen LogP contribution >= 0.6 is 0 Å². The van der Waals surface area contributed by atoms with E-state index in [1.54, 1.807) is 0 Å². The predicted octanol–water partition coefficient (Wildman–Crippen LogP) is 1.20. The Bertz CT molecular complexity index is 331. The first-order valence-electron chi connectivity index (χ1n) is 3.56. The quantitative estimate of drug-likeness (QED) is 0.705. The summed E-state index contributed by atoms with van der Waals surface area (Å²) in [5.74, 6) is 0. The monoisotopic (exact) mass is 192 g/mol. The van der Waals surface area contributed by atoms with Crippen LogP contribution in [0.3, 0.4) is 0 Å². The highest BCUT2D eigenvalue weighted by Crippen LogP contribution is 2.19. The van der Waals surface area contributed by atoms with Crippen LogP contribution in [0, 0.1) is 0 Å². The summed E-state index contributed by atoms with van der Waals surface area (Å²) in [7, 11) is 0. The van der Waals surface area contributed by atoms with E-state index < -0.39 is 18.2 Å². The van der Waals surface area contributed by atoms with Crippen LogP contribution in [0.5, 0.6) is 0 Å². The Kier molecular flexibility index (Phi) is 2.69. The molecule has 0 spiro atoms. The molecule has 0 atom stereocenters. The van der Waals surface area contributed by atoms with Gasteiger partial charge < -0.3 is 0 Å². The van der Waals surface area contributed by atoms with E-state index in [1.165, 1.54) is 6.20 Å². The summed E-state index contributed by atoms with van der Waals surface area (Å²) in [6, 6.07) is 1.12. The molecule has 72 valence electrons. The lowest BCUT2D eigenvalue weighted by Crippen LogP contribution is -2.22. The zero-order valence-electron chi connectivity index (χ0n) is 6.58. The molecular formula is C7H7F3N2O. The normalized spacial score (nSPS) is 11.6. The van der Waals surface area contributed by atoms with Gasteiger partial charge in [0.25, 0.3) is 5.56 Å². The molecule has 0 aliphatic heterocycles. The van der Waals surface area contributed by atoms with Crippen molar-refractivity contribution in [3.05, 3.63) is 28.9 Å². The Morgan fingerprint density at radius 3 is 2.69 bits per heavy atom. The minimum atomic E-state index is -4.24. The average Bonchev–Trinajstić information content (AvgIpc) is 2.01. The first-order chi connectivity index (χ1) is 5.99. The third-order valence-electron chi connectivity index (χ3n) is 1.43. The van der Waals surface area contributed by atoms with E-state index >= 15 is 0 Å². The van der Waals surface area contributed by atoms with Gasteiger partial charge in [0.1, 0.15) is 0 Å². The van der Waals surface area contributed by atoms with Gasteiger partial charge >= 0.3 is 6.18 Å². The van der Waals surface area contributed by atoms with Gasteiger partial charge in [-0.25, -0.2) is 4.98 Å². The molecule has 0 bridgehead atoms. The largest absolute Gasteiger partial charge is 0.390 e. The lowest BCUT2D eigenvalue weighted by Gasteiger charge is -2.06. The molecule has 0 radical (unpaired) electrons. The molecule has 0 unspecified atom stereocenters. The van der Waals surface area contributed by atoms with Gasteiger partial charge in [0.2, 0.25) is 0 Å². The minimum absolute atomic E-state index is 0.379. The summed E-state index contributed by atoms with van der Waals surface area (Å²) >= 11 is 0. The highest BCUT2D eigenvalue weighted by atomic mass is 19.4. The summed E-state index contributed by atoms with van der Waals surface area (Å²) in [6.07, 6.45) is -2.92. The maximum atomic E-state index is 11.7. The van der Waals surface area contributed by atoms with E-state index in [1.807, 2.05) is 0 Å². The predicted molar refractivity (Wildman–Crippen MR) is 39.2 cm³/mol. The van der Waals surface area contributed by atoms with E-state index in [2.05, 4.69) is 4.98 Å². The van der Waals surface area contributed by atoms with Gasteiger partial charge in [0, 0.05) is 18.8 Å². The number of hydrogen-bond acceptors (Lipinski definition) is 2. The van der Waals surface area contributed by atoms with Gasteiger partial charge in [-0.3, -0.25) is 9.36 Å². The molecule has 1 heterocycles. The molecule has 1 rings (SSSR count). The molecule has 6 heteroatoms. The number of halogens is 3. The third kappa shape index (κ3) is 3.27. The molecule has 1 aromatic rings. The van der Waals surface area contributed by atoms with Crippen LogP contribution in [-0.4, -0.2) is 15.7 Å². The second-order valence-corrected chi connectivity index (χ2v) is 2.48. The fourth-order valence-electron chi connectivity index (χ4n) is 0.794. The lowest BCUT2D eigenvalue weighted by molar-refractivity contribution is -0.136. The molecule has 0 saturated heterocycles. The lowest BCUT2D eigenvalue weighted by atomic mass is 10.4. The molecule has 3 nitrogen and oxygen atoms in total. The molecule has 0 aliphatic carbocycles. The Morgan fingerprint density at radius 2 is 2.15 bits per heavy atom.